The number of pyridine rings is 1. The topological polar surface area (TPSA) is 25.2 Å². The number of rotatable bonds is 4. The van der Waals surface area contributed by atoms with E-state index in [1.807, 2.05) is 29.7 Å². The van der Waals surface area contributed by atoms with Crippen LogP contribution in [-0.2, 0) is 6.54 Å². The molecule has 0 unspecified atom stereocenters. The molecule has 0 aliphatic rings. The Morgan fingerprint density at radius 1 is 1.22 bits per heavy atom. The van der Waals surface area contributed by atoms with Crippen molar-refractivity contribution in [2.45, 2.75) is 19.9 Å². The fourth-order valence-corrected chi connectivity index (χ4v) is 2.28. The molecule has 2 aromatic rings. The van der Waals surface area contributed by atoms with Crippen LogP contribution in [0.1, 0.15) is 12.0 Å². The van der Waals surface area contributed by atoms with E-state index in [1.54, 1.807) is 6.07 Å². The van der Waals surface area contributed by atoms with Crippen LogP contribution in [-0.4, -0.2) is 30.1 Å². The lowest BCUT2D eigenvalue weighted by atomic mass is 10.1. The molecule has 0 bridgehead atoms. The van der Waals surface area contributed by atoms with Crippen molar-refractivity contribution in [2.24, 2.45) is 0 Å². The van der Waals surface area contributed by atoms with Gasteiger partial charge in [0.1, 0.15) is 0 Å². The lowest BCUT2D eigenvalue weighted by molar-refractivity contribution is 0.386. The van der Waals surface area contributed by atoms with Crippen LogP contribution in [0, 0.1) is 6.92 Å². The molecule has 3 nitrogen and oxygen atoms in total. The zero-order chi connectivity index (χ0) is 13.1. The lowest BCUT2D eigenvalue weighted by Crippen LogP contribution is -2.23. The molecule has 0 aliphatic heterocycles. The molecule has 0 radical (unpaired) electrons. The Morgan fingerprint density at radius 2 is 1.94 bits per heavy atom. The van der Waals surface area contributed by atoms with E-state index in [4.69, 9.17) is 0 Å². The Bertz CT molecular complexity index is 599. The summed E-state index contributed by atoms with van der Waals surface area (Å²) >= 11 is 0. The first-order valence-electron chi connectivity index (χ1n) is 6.33. The highest BCUT2D eigenvalue weighted by atomic mass is 16.1. The summed E-state index contributed by atoms with van der Waals surface area (Å²) in [7, 11) is 4.10. The van der Waals surface area contributed by atoms with Gasteiger partial charge in [-0.15, -0.1) is 0 Å². The van der Waals surface area contributed by atoms with Gasteiger partial charge in [0.2, 0.25) is 0 Å². The Balaban J connectivity index is 2.40. The maximum Gasteiger partial charge on any atom is 0.251 e. The van der Waals surface area contributed by atoms with Crippen molar-refractivity contribution in [2.75, 3.05) is 20.6 Å². The highest BCUT2D eigenvalue weighted by Crippen LogP contribution is 2.15. The number of para-hydroxylation sites is 1. The first-order valence-corrected chi connectivity index (χ1v) is 6.33. The molecule has 0 fully saturated rings. The molecule has 0 amide bonds. The zero-order valence-corrected chi connectivity index (χ0v) is 11.3. The molecule has 0 atom stereocenters. The molecule has 2 rings (SSSR count). The lowest BCUT2D eigenvalue weighted by Gasteiger charge is -2.13. The van der Waals surface area contributed by atoms with E-state index in [2.05, 4.69) is 25.1 Å². The maximum absolute atomic E-state index is 12.1. The monoisotopic (exact) mass is 244 g/mol. The third-order valence-electron chi connectivity index (χ3n) is 3.21. The Labute approximate surface area is 108 Å². The van der Waals surface area contributed by atoms with Crippen LogP contribution in [0.15, 0.2) is 35.1 Å². The predicted octanol–water partition coefficient (Wildman–Crippen LogP) is 2.26. The summed E-state index contributed by atoms with van der Waals surface area (Å²) < 4.78 is 1.88. The van der Waals surface area contributed by atoms with Gasteiger partial charge in [0, 0.05) is 18.0 Å². The largest absolute Gasteiger partial charge is 0.309 e. The molecule has 1 aromatic carbocycles. The van der Waals surface area contributed by atoms with Gasteiger partial charge in [-0.3, -0.25) is 4.79 Å². The van der Waals surface area contributed by atoms with Crippen LogP contribution in [0.5, 0.6) is 0 Å². The number of hydrogen-bond donors (Lipinski definition) is 0. The number of aryl methyl sites for hydroxylation is 2. The van der Waals surface area contributed by atoms with Crippen LogP contribution in [0.3, 0.4) is 0 Å². The summed E-state index contributed by atoms with van der Waals surface area (Å²) in [6, 6.07) is 9.84. The highest BCUT2D eigenvalue weighted by Gasteiger charge is 2.05. The molecule has 0 spiro atoms. The van der Waals surface area contributed by atoms with Crippen LogP contribution >= 0.6 is 0 Å². The minimum Gasteiger partial charge on any atom is -0.309 e. The van der Waals surface area contributed by atoms with Gasteiger partial charge in [0.05, 0.1) is 5.52 Å². The standard InChI is InChI=1S/C15H20N2O/c1-12-11-15(18)17(10-6-9-16(2)3)14-8-5-4-7-13(12)14/h4-5,7-8,11H,6,9-10H2,1-3H3. The number of fused-ring (bicyclic) bond motifs is 1. The fourth-order valence-electron chi connectivity index (χ4n) is 2.28. The fraction of sp³-hybridized carbons (Fsp3) is 0.400. The summed E-state index contributed by atoms with van der Waals surface area (Å²) in [5.74, 6) is 0. The summed E-state index contributed by atoms with van der Waals surface area (Å²) in [6.07, 6.45) is 0.986. The van der Waals surface area contributed by atoms with Crippen molar-refractivity contribution >= 4 is 10.9 Å². The molecule has 18 heavy (non-hydrogen) atoms. The van der Waals surface area contributed by atoms with E-state index >= 15 is 0 Å². The van der Waals surface area contributed by atoms with Crippen molar-refractivity contribution in [3.63, 3.8) is 0 Å². The van der Waals surface area contributed by atoms with E-state index in [-0.39, 0.29) is 5.56 Å². The van der Waals surface area contributed by atoms with Gasteiger partial charge in [-0.05, 0) is 45.6 Å². The second-order valence-corrected chi connectivity index (χ2v) is 4.99. The molecule has 0 saturated heterocycles. The summed E-state index contributed by atoms with van der Waals surface area (Å²) in [6.45, 7) is 3.76. The molecule has 0 aliphatic carbocycles. The SMILES string of the molecule is Cc1cc(=O)n(CCCN(C)C)c2ccccc12. The first kappa shape index (κ1) is 12.8. The van der Waals surface area contributed by atoms with Crippen molar-refractivity contribution in [1.82, 2.24) is 9.47 Å². The third-order valence-corrected chi connectivity index (χ3v) is 3.21. The minimum atomic E-state index is 0.102. The Kier molecular flexibility index (Phi) is 3.82. The molecular formula is C15H20N2O. The molecule has 3 heteroatoms. The van der Waals surface area contributed by atoms with Crippen LogP contribution in [0.2, 0.25) is 0 Å². The van der Waals surface area contributed by atoms with Crippen LogP contribution in [0.25, 0.3) is 10.9 Å². The predicted molar refractivity (Wildman–Crippen MR) is 76.1 cm³/mol. The zero-order valence-electron chi connectivity index (χ0n) is 11.3. The minimum absolute atomic E-state index is 0.102. The van der Waals surface area contributed by atoms with Gasteiger partial charge < -0.3 is 9.47 Å². The van der Waals surface area contributed by atoms with Gasteiger partial charge in [-0.2, -0.15) is 0 Å². The number of benzene rings is 1. The van der Waals surface area contributed by atoms with E-state index in [0.29, 0.717) is 0 Å². The van der Waals surface area contributed by atoms with Crippen molar-refractivity contribution in [3.05, 3.63) is 46.2 Å². The average molecular weight is 244 g/mol. The molecular weight excluding hydrogens is 224 g/mol. The highest BCUT2D eigenvalue weighted by molar-refractivity contribution is 5.82. The van der Waals surface area contributed by atoms with E-state index < -0.39 is 0 Å². The number of hydrogen-bond acceptors (Lipinski definition) is 2. The van der Waals surface area contributed by atoms with E-state index in [0.717, 1.165) is 30.6 Å². The molecule has 0 N–H and O–H groups in total. The third kappa shape index (κ3) is 2.62. The van der Waals surface area contributed by atoms with Crippen LogP contribution in [0.4, 0.5) is 0 Å². The molecule has 1 heterocycles. The van der Waals surface area contributed by atoms with Crippen LogP contribution < -0.4 is 5.56 Å². The number of aromatic nitrogens is 1. The van der Waals surface area contributed by atoms with Gasteiger partial charge >= 0.3 is 0 Å². The maximum atomic E-state index is 12.1. The normalized spacial score (nSPS) is 11.3. The quantitative estimate of drug-likeness (QED) is 0.824. The Hall–Kier alpha value is -1.61. The second-order valence-electron chi connectivity index (χ2n) is 4.99. The molecule has 96 valence electrons. The van der Waals surface area contributed by atoms with Crippen molar-refractivity contribution in [3.8, 4) is 0 Å². The van der Waals surface area contributed by atoms with Gasteiger partial charge in [0.15, 0.2) is 0 Å². The first-order chi connectivity index (χ1) is 8.59. The van der Waals surface area contributed by atoms with E-state index in [9.17, 15) is 4.79 Å². The average Bonchev–Trinajstić information content (AvgIpc) is 2.33. The van der Waals surface area contributed by atoms with Gasteiger partial charge in [-0.25, -0.2) is 0 Å². The van der Waals surface area contributed by atoms with Gasteiger partial charge in [-0.1, -0.05) is 18.2 Å². The van der Waals surface area contributed by atoms with E-state index in [1.165, 1.54) is 5.39 Å². The Morgan fingerprint density at radius 3 is 2.67 bits per heavy atom. The van der Waals surface area contributed by atoms with Crippen molar-refractivity contribution < 1.29 is 0 Å². The molecule has 0 saturated carbocycles. The molecule has 1 aromatic heterocycles. The van der Waals surface area contributed by atoms with Gasteiger partial charge in [0.25, 0.3) is 5.56 Å². The summed E-state index contributed by atoms with van der Waals surface area (Å²) in [4.78, 5) is 14.2. The second kappa shape index (κ2) is 5.36. The summed E-state index contributed by atoms with van der Waals surface area (Å²) in [5, 5.41) is 1.17. The van der Waals surface area contributed by atoms with Crippen molar-refractivity contribution in [1.29, 1.82) is 0 Å². The smallest absolute Gasteiger partial charge is 0.251 e. The summed E-state index contributed by atoms with van der Waals surface area (Å²) in [5.41, 5.74) is 2.20. The number of nitrogens with zero attached hydrogens (tertiary/aromatic N) is 2.